The number of nitrogens with zero attached hydrogens (tertiary/aromatic N) is 1. The molecule has 1 unspecified atom stereocenters. The fourth-order valence-electron chi connectivity index (χ4n) is 2.49. The third-order valence-electron chi connectivity index (χ3n) is 3.99. The number of aromatic nitrogens is 1. The molecule has 1 atom stereocenters. The van der Waals surface area contributed by atoms with E-state index in [-0.39, 0.29) is 12.5 Å². The monoisotopic (exact) mass is 401 g/mol. The molecule has 0 radical (unpaired) electrons. The fraction of sp³-hybridized carbons (Fsp3) is 0.227. The summed E-state index contributed by atoms with van der Waals surface area (Å²) in [7, 11) is 0. The van der Waals surface area contributed by atoms with Crippen LogP contribution in [0.3, 0.4) is 0 Å². The zero-order valence-corrected chi connectivity index (χ0v) is 15.7. The van der Waals surface area contributed by atoms with Crippen LogP contribution in [0.4, 0.5) is 13.2 Å². The predicted molar refractivity (Wildman–Crippen MR) is 101 cm³/mol. The summed E-state index contributed by atoms with van der Waals surface area (Å²) in [4.78, 5) is 4.33. The Hall–Kier alpha value is -3.24. The zero-order valence-electron chi connectivity index (χ0n) is 15.7. The maximum absolute atomic E-state index is 12.7. The number of alkyl halides is 3. The van der Waals surface area contributed by atoms with Gasteiger partial charge in [0.05, 0.1) is 5.56 Å². The second-order valence-electron chi connectivity index (χ2n) is 6.36. The van der Waals surface area contributed by atoms with Crippen LogP contribution in [0.15, 0.2) is 52.9 Å². The summed E-state index contributed by atoms with van der Waals surface area (Å²) in [6.07, 6.45) is -5.11. The molecule has 0 bridgehead atoms. The van der Waals surface area contributed by atoms with Gasteiger partial charge in [0.15, 0.2) is 0 Å². The van der Waals surface area contributed by atoms with Crippen LogP contribution in [0, 0.1) is 18.8 Å². The van der Waals surface area contributed by atoms with E-state index in [0.29, 0.717) is 28.3 Å². The number of hydrogen-bond donors (Lipinski definition) is 1. The van der Waals surface area contributed by atoms with E-state index in [1.807, 2.05) is 0 Å². The summed E-state index contributed by atoms with van der Waals surface area (Å²) < 4.78 is 49.4. The summed E-state index contributed by atoms with van der Waals surface area (Å²) in [5, 5.41) is 9.24. The first kappa shape index (κ1) is 20.5. The van der Waals surface area contributed by atoms with Crippen molar-refractivity contribution in [3.8, 4) is 29.0 Å². The van der Waals surface area contributed by atoms with Gasteiger partial charge < -0.3 is 14.3 Å². The number of aliphatic hydroxyl groups excluding tert-OH is 1. The maximum Gasteiger partial charge on any atom is 0.416 e. The molecule has 29 heavy (non-hydrogen) atoms. The van der Waals surface area contributed by atoms with Crippen molar-refractivity contribution in [3.05, 3.63) is 71.1 Å². The first-order valence-corrected chi connectivity index (χ1v) is 8.79. The molecule has 0 aliphatic rings. The fourth-order valence-corrected chi connectivity index (χ4v) is 2.49. The third kappa shape index (κ3) is 5.39. The normalized spacial score (nSPS) is 12.2. The van der Waals surface area contributed by atoms with Gasteiger partial charge in [-0.1, -0.05) is 17.9 Å². The molecule has 0 aliphatic heterocycles. The van der Waals surface area contributed by atoms with E-state index in [4.69, 9.17) is 9.15 Å². The van der Waals surface area contributed by atoms with Gasteiger partial charge in [-0.3, -0.25) is 0 Å². The standard InChI is InChI=1S/C22H18F3NO3/c1-14(27)6-7-16-4-3-5-19(12-16)28-13-20-15(2)29-21(26-20)17-8-10-18(11-9-17)22(23,24)25/h3-5,8-12,14,27H,13H2,1-2H3. The molecule has 0 saturated carbocycles. The van der Waals surface area contributed by atoms with Crippen molar-refractivity contribution < 1.29 is 27.4 Å². The topological polar surface area (TPSA) is 55.5 Å². The summed E-state index contributed by atoms with van der Waals surface area (Å²) in [6, 6.07) is 11.7. The first-order valence-electron chi connectivity index (χ1n) is 8.79. The molecule has 3 rings (SSSR count). The number of oxazole rings is 1. The summed E-state index contributed by atoms with van der Waals surface area (Å²) in [5.74, 6) is 6.82. The van der Waals surface area contributed by atoms with Gasteiger partial charge in [0, 0.05) is 11.1 Å². The van der Waals surface area contributed by atoms with Crippen LogP contribution in [0.1, 0.15) is 29.5 Å². The number of halogens is 3. The van der Waals surface area contributed by atoms with Crippen LogP contribution in [-0.2, 0) is 12.8 Å². The maximum atomic E-state index is 12.7. The van der Waals surface area contributed by atoms with Crippen LogP contribution in [0.2, 0.25) is 0 Å². The highest BCUT2D eigenvalue weighted by molar-refractivity contribution is 5.54. The van der Waals surface area contributed by atoms with E-state index in [1.54, 1.807) is 38.1 Å². The number of hydrogen-bond acceptors (Lipinski definition) is 4. The number of aryl methyl sites for hydroxylation is 1. The largest absolute Gasteiger partial charge is 0.487 e. The molecule has 0 saturated heterocycles. The Morgan fingerprint density at radius 3 is 2.55 bits per heavy atom. The average molecular weight is 401 g/mol. The highest BCUT2D eigenvalue weighted by Crippen LogP contribution is 2.31. The van der Waals surface area contributed by atoms with Gasteiger partial charge in [-0.05, 0) is 56.3 Å². The number of benzene rings is 2. The van der Waals surface area contributed by atoms with E-state index in [2.05, 4.69) is 16.8 Å². The van der Waals surface area contributed by atoms with Gasteiger partial charge in [-0.2, -0.15) is 13.2 Å². The van der Waals surface area contributed by atoms with E-state index in [1.165, 1.54) is 12.1 Å². The molecule has 0 aliphatic carbocycles. The van der Waals surface area contributed by atoms with Crippen molar-refractivity contribution in [2.45, 2.75) is 32.7 Å². The molecule has 1 aromatic heterocycles. The molecule has 1 heterocycles. The van der Waals surface area contributed by atoms with Crippen molar-refractivity contribution in [2.24, 2.45) is 0 Å². The Morgan fingerprint density at radius 2 is 1.90 bits per heavy atom. The van der Waals surface area contributed by atoms with E-state index in [0.717, 1.165) is 12.1 Å². The van der Waals surface area contributed by atoms with Gasteiger partial charge in [-0.15, -0.1) is 0 Å². The second kappa shape index (κ2) is 8.41. The van der Waals surface area contributed by atoms with Crippen LogP contribution >= 0.6 is 0 Å². The second-order valence-corrected chi connectivity index (χ2v) is 6.36. The molecule has 7 heteroatoms. The molecule has 0 fully saturated rings. The smallest absolute Gasteiger partial charge is 0.416 e. The Bertz CT molecular complexity index is 1040. The summed E-state index contributed by atoms with van der Waals surface area (Å²) in [6.45, 7) is 3.42. The predicted octanol–water partition coefficient (Wildman–Crippen LogP) is 4.98. The van der Waals surface area contributed by atoms with Crippen molar-refractivity contribution in [2.75, 3.05) is 0 Å². The molecule has 2 aromatic carbocycles. The van der Waals surface area contributed by atoms with E-state index in [9.17, 15) is 18.3 Å². The van der Waals surface area contributed by atoms with E-state index >= 15 is 0 Å². The molecule has 1 N–H and O–H groups in total. The molecule has 150 valence electrons. The van der Waals surface area contributed by atoms with Gasteiger partial charge in [0.25, 0.3) is 0 Å². The first-order chi connectivity index (χ1) is 13.7. The molecule has 0 amide bonds. The van der Waals surface area contributed by atoms with E-state index < -0.39 is 17.8 Å². The van der Waals surface area contributed by atoms with Gasteiger partial charge in [-0.25, -0.2) is 4.98 Å². The number of aliphatic hydroxyl groups is 1. The molecule has 4 nitrogen and oxygen atoms in total. The van der Waals surface area contributed by atoms with Crippen molar-refractivity contribution in [1.82, 2.24) is 4.98 Å². The number of ether oxygens (including phenoxy) is 1. The minimum atomic E-state index is -4.39. The lowest BCUT2D eigenvalue weighted by Gasteiger charge is -2.06. The summed E-state index contributed by atoms with van der Waals surface area (Å²) >= 11 is 0. The summed E-state index contributed by atoms with van der Waals surface area (Å²) in [5.41, 5.74) is 0.959. The Morgan fingerprint density at radius 1 is 1.17 bits per heavy atom. The van der Waals surface area contributed by atoms with Crippen LogP contribution in [-0.4, -0.2) is 16.2 Å². The Kier molecular flexibility index (Phi) is 5.95. The molecular formula is C22H18F3NO3. The van der Waals surface area contributed by atoms with Crippen molar-refractivity contribution >= 4 is 0 Å². The minimum absolute atomic E-state index is 0.128. The molecular weight excluding hydrogens is 383 g/mol. The highest BCUT2D eigenvalue weighted by atomic mass is 19.4. The van der Waals surface area contributed by atoms with Crippen LogP contribution in [0.25, 0.3) is 11.5 Å². The zero-order chi connectivity index (χ0) is 21.0. The lowest BCUT2D eigenvalue weighted by molar-refractivity contribution is -0.137. The highest BCUT2D eigenvalue weighted by Gasteiger charge is 2.30. The van der Waals surface area contributed by atoms with Crippen LogP contribution < -0.4 is 4.74 Å². The lowest BCUT2D eigenvalue weighted by atomic mass is 10.1. The van der Waals surface area contributed by atoms with Crippen molar-refractivity contribution in [3.63, 3.8) is 0 Å². The molecule has 0 spiro atoms. The van der Waals surface area contributed by atoms with Gasteiger partial charge in [0.2, 0.25) is 5.89 Å². The number of rotatable bonds is 4. The van der Waals surface area contributed by atoms with Gasteiger partial charge >= 0.3 is 6.18 Å². The minimum Gasteiger partial charge on any atom is -0.487 e. The van der Waals surface area contributed by atoms with Gasteiger partial charge in [0.1, 0.15) is 29.9 Å². The quantitative estimate of drug-likeness (QED) is 0.627. The van der Waals surface area contributed by atoms with Crippen LogP contribution in [0.5, 0.6) is 5.75 Å². The lowest BCUT2D eigenvalue weighted by Crippen LogP contribution is -2.04. The Labute approximate surface area is 166 Å². The SMILES string of the molecule is Cc1oc(-c2ccc(C(F)(F)F)cc2)nc1COc1cccc(C#CC(C)O)c1. The molecule has 3 aromatic rings. The van der Waals surface area contributed by atoms with Crippen molar-refractivity contribution in [1.29, 1.82) is 0 Å². The third-order valence-corrected chi connectivity index (χ3v) is 3.99. The Balaban J connectivity index is 1.72. The average Bonchev–Trinajstić information content (AvgIpc) is 3.05.